The summed E-state index contributed by atoms with van der Waals surface area (Å²) >= 11 is 12.2. The molecule has 2 N–H and O–H groups in total. The van der Waals surface area contributed by atoms with E-state index in [4.69, 9.17) is 28.9 Å². The van der Waals surface area contributed by atoms with Crippen molar-refractivity contribution in [2.45, 2.75) is 5.92 Å². The molecule has 1 atom stereocenters. The van der Waals surface area contributed by atoms with Crippen LogP contribution in [0.1, 0.15) is 33.0 Å². The number of nitrogens with two attached hydrogens (primary N) is 1. The summed E-state index contributed by atoms with van der Waals surface area (Å²) in [6.07, 6.45) is 0. The number of benzene rings is 3. The fraction of sp³-hybridized carbons (Fsp3) is 0.0476. The Bertz CT molecular complexity index is 954. The molecule has 0 unspecified atom stereocenters. The Hall–Kier alpha value is -2.62. The van der Waals surface area contributed by atoms with Crippen molar-refractivity contribution in [1.29, 1.82) is 0 Å². The number of primary amides is 1. The third-order valence-corrected chi connectivity index (χ3v) is 4.66. The fourth-order valence-electron chi connectivity index (χ4n) is 2.82. The lowest BCUT2D eigenvalue weighted by atomic mass is 9.89. The molecule has 0 aromatic heterocycles. The molecule has 0 heterocycles. The molecule has 3 rings (SSSR count). The SMILES string of the molecule is NC(=O)[C@H](c1ccc(C(=O)c2ccccc2)cc1)c1ccc(Cl)cc1Cl. The molecular formula is C21H15Cl2NO2. The molecule has 0 spiro atoms. The molecular weight excluding hydrogens is 369 g/mol. The third-order valence-electron chi connectivity index (χ3n) is 4.10. The van der Waals surface area contributed by atoms with Gasteiger partial charge in [-0.2, -0.15) is 0 Å². The lowest BCUT2D eigenvalue weighted by Crippen LogP contribution is -2.22. The van der Waals surface area contributed by atoms with Crippen molar-refractivity contribution in [3.63, 3.8) is 0 Å². The Morgan fingerprint density at radius 2 is 1.42 bits per heavy atom. The summed E-state index contributed by atoms with van der Waals surface area (Å²) in [5.41, 5.74) is 7.97. The van der Waals surface area contributed by atoms with Gasteiger partial charge in [-0.25, -0.2) is 0 Å². The summed E-state index contributed by atoms with van der Waals surface area (Å²) in [6, 6.07) is 20.7. The van der Waals surface area contributed by atoms with Gasteiger partial charge in [0.2, 0.25) is 5.91 Å². The van der Waals surface area contributed by atoms with E-state index in [1.165, 1.54) is 0 Å². The van der Waals surface area contributed by atoms with Gasteiger partial charge in [-0.3, -0.25) is 9.59 Å². The average Bonchev–Trinajstić information content (AvgIpc) is 2.64. The highest BCUT2D eigenvalue weighted by Crippen LogP contribution is 2.32. The number of hydrogen-bond acceptors (Lipinski definition) is 2. The van der Waals surface area contributed by atoms with E-state index in [1.807, 2.05) is 18.2 Å². The minimum absolute atomic E-state index is 0.0858. The minimum atomic E-state index is -0.722. The normalized spacial score (nSPS) is 11.8. The Morgan fingerprint density at radius 3 is 2.00 bits per heavy atom. The van der Waals surface area contributed by atoms with Crippen molar-refractivity contribution >= 4 is 34.9 Å². The van der Waals surface area contributed by atoms with Gasteiger partial charge < -0.3 is 5.73 Å². The van der Waals surface area contributed by atoms with Gasteiger partial charge in [0.15, 0.2) is 5.78 Å². The quantitative estimate of drug-likeness (QED) is 0.640. The van der Waals surface area contributed by atoms with Crippen molar-refractivity contribution in [2.24, 2.45) is 5.73 Å². The highest BCUT2D eigenvalue weighted by Gasteiger charge is 2.23. The van der Waals surface area contributed by atoms with E-state index in [-0.39, 0.29) is 5.78 Å². The monoisotopic (exact) mass is 383 g/mol. The molecule has 0 bridgehead atoms. The van der Waals surface area contributed by atoms with Crippen molar-refractivity contribution in [3.05, 3.63) is 105 Å². The second kappa shape index (κ2) is 7.73. The molecule has 0 radical (unpaired) electrons. The van der Waals surface area contributed by atoms with Crippen LogP contribution in [-0.2, 0) is 4.79 Å². The topological polar surface area (TPSA) is 60.2 Å². The molecule has 3 nitrogen and oxygen atoms in total. The van der Waals surface area contributed by atoms with Gasteiger partial charge in [0, 0.05) is 21.2 Å². The predicted octanol–water partition coefficient (Wildman–Crippen LogP) is 4.84. The van der Waals surface area contributed by atoms with Crippen LogP contribution < -0.4 is 5.73 Å². The molecule has 26 heavy (non-hydrogen) atoms. The fourth-order valence-corrected chi connectivity index (χ4v) is 3.33. The van der Waals surface area contributed by atoms with Crippen molar-refractivity contribution in [2.75, 3.05) is 0 Å². The van der Waals surface area contributed by atoms with Gasteiger partial charge in [-0.05, 0) is 23.3 Å². The molecule has 0 aliphatic carbocycles. The van der Waals surface area contributed by atoms with Gasteiger partial charge in [-0.1, -0.05) is 83.9 Å². The second-order valence-electron chi connectivity index (χ2n) is 5.82. The first-order valence-corrected chi connectivity index (χ1v) is 8.67. The number of hydrogen-bond donors (Lipinski definition) is 1. The van der Waals surface area contributed by atoms with E-state index < -0.39 is 11.8 Å². The molecule has 3 aromatic carbocycles. The van der Waals surface area contributed by atoms with Crippen LogP contribution in [0.5, 0.6) is 0 Å². The molecule has 0 saturated carbocycles. The predicted molar refractivity (Wildman–Crippen MR) is 104 cm³/mol. The summed E-state index contributed by atoms with van der Waals surface area (Å²) < 4.78 is 0. The highest BCUT2D eigenvalue weighted by molar-refractivity contribution is 6.35. The first kappa shape index (κ1) is 18.2. The van der Waals surface area contributed by atoms with Gasteiger partial charge in [0.25, 0.3) is 0 Å². The highest BCUT2D eigenvalue weighted by atomic mass is 35.5. The van der Waals surface area contributed by atoms with Gasteiger partial charge >= 0.3 is 0 Å². The van der Waals surface area contributed by atoms with Crippen molar-refractivity contribution < 1.29 is 9.59 Å². The van der Waals surface area contributed by atoms with E-state index in [1.54, 1.807) is 54.6 Å². The van der Waals surface area contributed by atoms with Gasteiger partial charge in [-0.15, -0.1) is 0 Å². The maximum Gasteiger partial charge on any atom is 0.229 e. The van der Waals surface area contributed by atoms with Crippen LogP contribution in [0.15, 0.2) is 72.8 Å². The van der Waals surface area contributed by atoms with Crippen LogP contribution in [0.25, 0.3) is 0 Å². The summed E-state index contributed by atoms with van der Waals surface area (Å²) in [7, 11) is 0. The number of carbonyl (C=O) groups excluding carboxylic acids is 2. The summed E-state index contributed by atoms with van der Waals surface area (Å²) in [6.45, 7) is 0. The number of halogens is 2. The summed E-state index contributed by atoms with van der Waals surface area (Å²) in [4.78, 5) is 24.5. The minimum Gasteiger partial charge on any atom is -0.369 e. The average molecular weight is 384 g/mol. The second-order valence-corrected chi connectivity index (χ2v) is 6.66. The zero-order valence-corrected chi connectivity index (χ0v) is 15.2. The van der Waals surface area contributed by atoms with Crippen molar-refractivity contribution in [1.82, 2.24) is 0 Å². The molecule has 3 aromatic rings. The Balaban J connectivity index is 1.95. The van der Waals surface area contributed by atoms with Crippen LogP contribution in [0.4, 0.5) is 0 Å². The molecule has 0 aliphatic heterocycles. The molecule has 0 saturated heterocycles. The van der Waals surface area contributed by atoms with Crippen LogP contribution in [0.3, 0.4) is 0 Å². The van der Waals surface area contributed by atoms with Gasteiger partial charge in [0.05, 0.1) is 5.92 Å². The van der Waals surface area contributed by atoms with Crippen LogP contribution in [0.2, 0.25) is 10.0 Å². The zero-order valence-electron chi connectivity index (χ0n) is 13.7. The molecule has 5 heteroatoms. The van der Waals surface area contributed by atoms with E-state index in [2.05, 4.69) is 0 Å². The summed E-state index contributed by atoms with van der Waals surface area (Å²) in [5.74, 6) is -1.34. The number of ketones is 1. The third kappa shape index (κ3) is 3.79. The lowest BCUT2D eigenvalue weighted by Gasteiger charge is -2.16. The lowest BCUT2D eigenvalue weighted by molar-refractivity contribution is -0.118. The van der Waals surface area contributed by atoms with E-state index in [9.17, 15) is 9.59 Å². The van der Waals surface area contributed by atoms with Crippen LogP contribution >= 0.6 is 23.2 Å². The first-order valence-electron chi connectivity index (χ1n) is 7.91. The Labute approximate surface area is 161 Å². The molecule has 130 valence electrons. The maximum absolute atomic E-state index is 12.5. The maximum atomic E-state index is 12.5. The Morgan fingerprint density at radius 1 is 0.808 bits per heavy atom. The Kier molecular flexibility index (Phi) is 5.40. The molecule has 0 aliphatic rings. The van der Waals surface area contributed by atoms with Crippen molar-refractivity contribution in [3.8, 4) is 0 Å². The largest absolute Gasteiger partial charge is 0.369 e. The van der Waals surface area contributed by atoms with E-state index in [0.717, 1.165) is 0 Å². The van der Waals surface area contributed by atoms with Crippen LogP contribution in [0, 0.1) is 0 Å². The smallest absolute Gasteiger partial charge is 0.229 e. The number of amides is 1. The number of rotatable bonds is 5. The van der Waals surface area contributed by atoms with Gasteiger partial charge in [0.1, 0.15) is 0 Å². The first-order chi connectivity index (χ1) is 12.5. The summed E-state index contributed by atoms with van der Waals surface area (Å²) in [5, 5.41) is 0.844. The molecule has 0 fully saturated rings. The van der Waals surface area contributed by atoms with Crippen LogP contribution in [-0.4, -0.2) is 11.7 Å². The van der Waals surface area contributed by atoms with E-state index in [0.29, 0.717) is 32.3 Å². The standard InChI is InChI=1S/C21H15Cl2NO2/c22-16-10-11-17(18(23)12-16)19(21(24)26)13-6-8-15(9-7-13)20(25)14-4-2-1-3-5-14/h1-12,19H,(H2,24,26)/t19-/m1/s1. The van der Waals surface area contributed by atoms with E-state index >= 15 is 0 Å². The number of carbonyl (C=O) groups is 2. The molecule has 1 amide bonds. The zero-order chi connectivity index (χ0) is 18.7.